The van der Waals surface area contributed by atoms with Gasteiger partial charge in [0.15, 0.2) is 11.6 Å². The van der Waals surface area contributed by atoms with Crippen molar-refractivity contribution in [1.82, 2.24) is 25.1 Å². The highest BCUT2D eigenvalue weighted by molar-refractivity contribution is 6.00. The van der Waals surface area contributed by atoms with Gasteiger partial charge >= 0.3 is 0 Å². The number of rotatable bonds is 6. The van der Waals surface area contributed by atoms with Crippen LogP contribution in [0.3, 0.4) is 0 Å². The summed E-state index contributed by atoms with van der Waals surface area (Å²) in [7, 11) is 0. The number of aromatic nitrogens is 4. The van der Waals surface area contributed by atoms with Crippen LogP contribution in [0, 0.1) is 0 Å². The Bertz CT molecular complexity index is 963. The Morgan fingerprint density at radius 1 is 1.20 bits per heavy atom. The van der Waals surface area contributed by atoms with Gasteiger partial charge < -0.3 is 10.0 Å². The summed E-state index contributed by atoms with van der Waals surface area (Å²) < 4.78 is 0. The summed E-state index contributed by atoms with van der Waals surface area (Å²) in [5.41, 5.74) is 2.21. The van der Waals surface area contributed by atoms with Gasteiger partial charge in [0.05, 0.1) is 11.8 Å². The van der Waals surface area contributed by atoms with Crippen LogP contribution in [0.15, 0.2) is 48.9 Å². The second-order valence-corrected chi connectivity index (χ2v) is 7.26. The van der Waals surface area contributed by atoms with E-state index in [2.05, 4.69) is 36.9 Å². The van der Waals surface area contributed by atoms with Gasteiger partial charge in [0.25, 0.3) is 0 Å². The molecule has 1 saturated heterocycles. The van der Waals surface area contributed by atoms with Crippen LogP contribution in [0.4, 0.5) is 5.69 Å². The van der Waals surface area contributed by atoms with Crippen LogP contribution < -0.4 is 4.90 Å². The van der Waals surface area contributed by atoms with Crippen molar-refractivity contribution in [3.05, 3.63) is 54.5 Å². The van der Waals surface area contributed by atoms with Crippen LogP contribution in [-0.2, 0) is 0 Å². The summed E-state index contributed by atoms with van der Waals surface area (Å²) in [6.07, 6.45) is 5.27. The molecule has 1 aliphatic heterocycles. The molecule has 3 heterocycles. The lowest BCUT2D eigenvalue weighted by molar-refractivity contribution is 0.0959. The van der Waals surface area contributed by atoms with Crippen LogP contribution in [0.25, 0.3) is 11.5 Å². The standard InChI is InChI=1S/C21H24N6O2.ClH/c1-15-14-26(11-12-27(15)16-3-5-17(28)6-4-16)10-7-19(29)18-13-24-25-20(18)21-22-8-2-9-23-21;/h2-6,8-9,13,15,28H,7,10-12,14H2,1H3,(H,24,25);1H. The van der Waals surface area contributed by atoms with Crippen LogP contribution in [0.1, 0.15) is 23.7 Å². The number of piperazine rings is 1. The first kappa shape index (κ1) is 21.7. The normalized spacial score (nSPS) is 16.8. The Morgan fingerprint density at radius 3 is 2.63 bits per heavy atom. The minimum absolute atomic E-state index is 0. The number of aromatic amines is 1. The number of benzene rings is 1. The first-order valence-corrected chi connectivity index (χ1v) is 9.74. The molecule has 4 rings (SSSR count). The summed E-state index contributed by atoms with van der Waals surface area (Å²) in [4.78, 5) is 25.8. The third-order valence-electron chi connectivity index (χ3n) is 5.28. The van der Waals surface area contributed by atoms with Gasteiger partial charge in [0.1, 0.15) is 11.4 Å². The second-order valence-electron chi connectivity index (χ2n) is 7.26. The first-order chi connectivity index (χ1) is 14.1. The number of H-pyrrole nitrogens is 1. The Kier molecular flexibility index (Phi) is 7.02. The third-order valence-corrected chi connectivity index (χ3v) is 5.28. The third kappa shape index (κ3) is 4.77. The number of ketones is 1. The number of carbonyl (C=O) groups is 1. The van der Waals surface area contributed by atoms with E-state index >= 15 is 0 Å². The molecule has 3 aromatic rings. The topological polar surface area (TPSA) is 98.2 Å². The fraction of sp³-hybridized carbons (Fsp3) is 0.333. The molecule has 0 spiro atoms. The number of phenols is 1. The van der Waals surface area contributed by atoms with Gasteiger partial charge in [0, 0.05) is 56.7 Å². The largest absolute Gasteiger partial charge is 0.508 e. The summed E-state index contributed by atoms with van der Waals surface area (Å²) in [6.45, 7) is 5.54. The molecule has 158 valence electrons. The first-order valence-electron chi connectivity index (χ1n) is 9.74. The molecule has 1 unspecified atom stereocenters. The quantitative estimate of drug-likeness (QED) is 0.582. The highest BCUT2D eigenvalue weighted by Crippen LogP contribution is 2.23. The molecule has 1 aliphatic rings. The average Bonchev–Trinajstić information content (AvgIpc) is 3.24. The average molecular weight is 429 g/mol. The maximum absolute atomic E-state index is 12.8. The fourth-order valence-electron chi connectivity index (χ4n) is 3.75. The molecule has 8 nitrogen and oxygen atoms in total. The van der Waals surface area contributed by atoms with Gasteiger partial charge in [-0.1, -0.05) is 0 Å². The monoisotopic (exact) mass is 428 g/mol. The number of nitrogens with zero attached hydrogens (tertiary/aromatic N) is 5. The summed E-state index contributed by atoms with van der Waals surface area (Å²) in [5, 5.41) is 16.3. The van der Waals surface area contributed by atoms with Gasteiger partial charge in [0.2, 0.25) is 0 Å². The molecule has 0 bridgehead atoms. The Hall–Kier alpha value is -2.97. The van der Waals surface area contributed by atoms with E-state index in [-0.39, 0.29) is 23.9 Å². The SMILES string of the molecule is CC1CN(CCC(=O)c2cn[nH]c2-c2ncccn2)CCN1c1ccc(O)cc1.Cl. The van der Waals surface area contributed by atoms with Crippen molar-refractivity contribution >= 4 is 23.9 Å². The minimum Gasteiger partial charge on any atom is -0.508 e. The number of hydrogen-bond donors (Lipinski definition) is 2. The number of nitrogens with one attached hydrogen (secondary N) is 1. The molecular weight excluding hydrogens is 404 g/mol. The molecule has 0 saturated carbocycles. The van der Waals surface area contributed by atoms with Crippen molar-refractivity contribution in [3.63, 3.8) is 0 Å². The Labute approximate surface area is 181 Å². The van der Waals surface area contributed by atoms with Gasteiger partial charge in [-0.25, -0.2) is 9.97 Å². The lowest BCUT2D eigenvalue weighted by Crippen LogP contribution is -2.52. The molecule has 2 N–H and O–H groups in total. The predicted octanol–water partition coefficient (Wildman–Crippen LogP) is 2.78. The maximum Gasteiger partial charge on any atom is 0.178 e. The lowest BCUT2D eigenvalue weighted by atomic mass is 10.1. The van der Waals surface area contributed by atoms with Crippen molar-refractivity contribution in [1.29, 1.82) is 0 Å². The van der Waals surface area contributed by atoms with Crippen LogP contribution in [0.2, 0.25) is 0 Å². The van der Waals surface area contributed by atoms with Crippen molar-refractivity contribution < 1.29 is 9.90 Å². The van der Waals surface area contributed by atoms with Crippen molar-refractivity contribution in [2.45, 2.75) is 19.4 Å². The van der Waals surface area contributed by atoms with E-state index in [9.17, 15) is 9.90 Å². The number of phenolic OH excluding ortho intramolecular Hbond substituents is 1. The summed E-state index contributed by atoms with van der Waals surface area (Å²) in [6, 6.07) is 9.37. The van der Waals surface area contributed by atoms with E-state index in [1.807, 2.05) is 12.1 Å². The smallest absolute Gasteiger partial charge is 0.178 e. The molecule has 1 aromatic carbocycles. The zero-order chi connectivity index (χ0) is 20.2. The second kappa shape index (κ2) is 9.69. The number of halogens is 1. The molecule has 30 heavy (non-hydrogen) atoms. The van der Waals surface area contributed by atoms with Crippen LogP contribution >= 0.6 is 12.4 Å². The molecule has 1 atom stereocenters. The predicted molar refractivity (Wildman–Crippen MR) is 117 cm³/mol. The number of hydrogen-bond acceptors (Lipinski definition) is 7. The van der Waals surface area contributed by atoms with E-state index in [1.54, 1.807) is 36.8 Å². The fourth-order valence-corrected chi connectivity index (χ4v) is 3.75. The number of aromatic hydroxyl groups is 1. The van der Waals surface area contributed by atoms with Crippen molar-refractivity contribution in [2.75, 3.05) is 31.1 Å². The molecule has 1 fully saturated rings. The molecular formula is C21H25ClN6O2. The molecule has 0 amide bonds. The zero-order valence-corrected chi connectivity index (χ0v) is 17.5. The minimum atomic E-state index is 0. The van der Waals surface area contributed by atoms with Crippen LogP contribution in [0.5, 0.6) is 5.75 Å². The van der Waals surface area contributed by atoms with Gasteiger partial charge in [-0.15, -0.1) is 12.4 Å². The van der Waals surface area contributed by atoms with Gasteiger partial charge in [-0.05, 0) is 37.3 Å². The Balaban J connectivity index is 0.00000256. The van der Waals surface area contributed by atoms with E-state index in [4.69, 9.17) is 0 Å². The number of Topliss-reactive ketones (excluding diaryl/α,β-unsaturated/α-hetero) is 1. The maximum atomic E-state index is 12.8. The van der Waals surface area contributed by atoms with E-state index in [0.29, 0.717) is 36.1 Å². The van der Waals surface area contributed by atoms with Gasteiger partial charge in [-0.3, -0.25) is 14.8 Å². The molecule has 9 heteroatoms. The lowest BCUT2D eigenvalue weighted by Gasteiger charge is -2.41. The van der Waals surface area contributed by atoms with Crippen molar-refractivity contribution in [3.8, 4) is 17.3 Å². The summed E-state index contributed by atoms with van der Waals surface area (Å²) in [5.74, 6) is 0.789. The van der Waals surface area contributed by atoms with E-state index in [1.165, 1.54) is 0 Å². The summed E-state index contributed by atoms with van der Waals surface area (Å²) >= 11 is 0. The van der Waals surface area contributed by atoms with Gasteiger partial charge in [-0.2, -0.15) is 5.10 Å². The van der Waals surface area contributed by atoms with E-state index in [0.717, 1.165) is 25.3 Å². The molecule has 0 aliphatic carbocycles. The van der Waals surface area contributed by atoms with E-state index < -0.39 is 0 Å². The highest BCUT2D eigenvalue weighted by Gasteiger charge is 2.25. The Morgan fingerprint density at radius 2 is 1.93 bits per heavy atom. The van der Waals surface area contributed by atoms with Crippen LogP contribution in [-0.4, -0.2) is 68.2 Å². The van der Waals surface area contributed by atoms with Crippen molar-refractivity contribution in [2.24, 2.45) is 0 Å². The number of carbonyl (C=O) groups excluding carboxylic acids is 1. The highest BCUT2D eigenvalue weighted by atomic mass is 35.5. The number of anilines is 1. The molecule has 2 aromatic heterocycles. The zero-order valence-electron chi connectivity index (χ0n) is 16.7. The molecule has 0 radical (unpaired) electrons.